The van der Waals surface area contributed by atoms with Crippen molar-refractivity contribution in [2.45, 2.75) is 32.6 Å². The minimum Gasteiger partial charge on any atom is -0.466 e. The van der Waals surface area contributed by atoms with Gasteiger partial charge in [0.1, 0.15) is 12.0 Å². The standard InChI is InChI=1S/C16H25N5O2/c1-2-23-16(22)12-5-9-21(10-6-12)15-13(17)14(18-11-19-15)20-7-3-4-8-20/h11-12H,2-10,17H2,1H3. The number of carbonyl (C=O) groups excluding carboxylic acids is 1. The number of ether oxygens (including phenoxy) is 1. The maximum absolute atomic E-state index is 11.8. The third-order valence-corrected chi connectivity index (χ3v) is 4.66. The predicted molar refractivity (Wildman–Crippen MR) is 89.5 cm³/mol. The van der Waals surface area contributed by atoms with Crippen LogP contribution in [0, 0.1) is 5.92 Å². The largest absolute Gasteiger partial charge is 0.466 e. The molecule has 0 amide bonds. The Morgan fingerprint density at radius 1 is 1.17 bits per heavy atom. The molecule has 0 spiro atoms. The van der Waals surface area contributed by atoms with E-state index in [4.69, 9.17) is 10.5 Å². The number of carbonyl (C=O) groups is 1. The summed E-state index contributed by atoms with van der Waals surface area (Å²) in [6.07, 6.45) is 5.52. The summed E-state index contributed by atoms with van der Waals surface area (Å²) in [5, 5.41) is 0. The topological polar surface area (TPSA) is 84.6 Å². The quantitative estimate of drug-likeness (QED) is 0.840. The van der Waals surface area contributed by atoms with Crippen LogP contribution in [0.15, 0.2) is 6.33 Å². The van der Waals surface area contributed by atoms with Gasteiger partial charge in [0.25, 0.3) is 0 Å². The molecule has 2 N–H and O–H groups in total. The van der Waals surface area contributed by atoms with Gasteiger partial charge in [-0.25, -0.2) is 9.97 Å². The average Bonchev–Trinajstić information content (AvgIpc) is 3.10. The van der Waals surface area contributed by atoms with Crippen molar-refractivity contribution in [2.75, 3.05) is 48.3 Å². The van der Waals surface area contributed by atoms with E-state index in [0.29, 0.717) is 12.3 Å². The molecular weight excluding hydrogens is 294 g/mol. The van der Waals surface area contributed by atoms with E-state index in [1.807, 2.05) is 6.92 Å². The van der Waals surface area contributed by atoms with Gasteiger partial charge >= 0.3 is 5.97 Å². The number of nitrogens with two attached hydrogens (primary N) is 1. The molecule has 7 heteroatoms. The van der Waals surface area contributed by atoms with Crippen molar-refractivity contribution in [3.8, 4) is 0 Å². The molecule has 2 saturated heterocycles. The monoisotopic (exact) mass is 319 g/mol. The van der Waals surface area contributed by atoms with Gasteiger partial charge in [0, 0.05) is 26.2 Å². The first-order chi connectivity index (χ1) is 11.2. The Kier molecular flexibility index (Phi) is 4.83. The fourth-order valence-electron chi connectivity index (χ4n) is 3.40. The number of rotatable bonds is 4. The summed E-state index contributed by atoms with van der Waals surface area (Å²) in [6, 6.07) is 0. The first kappa shape index (κ1) is 15.8. The highest BCUT2D eigenvalue weighted by Gasteiger charge is 2.28. The zero-order chi connectivity index (χ0) is 16.2. The van der Waals surface area contributed by atoms with E-state index < -0.39 is 0 Å². The minimum atomic E-state index is -0.0828. The lowest BCUT2D eigenvalue weighted by Crippen LogP contribution is -2.38. The maximum Gasteiger partial charge on any atom is 0.309 e. The number of anilines is 3. The number of hydrogen-bond acceptors (Lipinski definition) is 7. The van der Waals surface area contributed by atoms with Gasteiger partial charge in [-0.15, -0.1) is 0 Å². The van der Waals surface area contributed by atoms with Crippen LogP contribution in [0.3, 0.4) is 0 Å². The zero-order valence-corrected chi connectivity index (χ0v) is 13.7. The highest BCUT2D eigenvalue weighted by atomic mass is 16.5. The van der Waals surface area contributed by atoms with Crippen LogP contribution in [0.5, 0.6) is 0 Å². The second kappa shape index (κ2) is 7.02. The molecule has 2 fully saturated rings. The number of piperidine rings is 1. The van der Waals surface area contributed by atoms with Crippen LogP contribution in [-0.2, 0) is 9.53 Å². The highest BCUT2D eigenvalue weighted by molar-refractivity contribution is 5.77. The van der Waals surface area contributed by atoms with E-state index >= 15 is 0 Å². The molecule has 3 rings (SSSR count). The lowest BCUT2D eigenvalue weighted by molar-refractivity contribution is -0.148. The van der Waals surface area contributed by atoms with Crippen LogP contribution >= 0.6 is 0 Å². The van der Waals surface area contributed by atoms with E-state index in [1.54, 1.807) is 6.33 Å². The van der Waals surface area contributed by atoms with Crippen molar-refractivity contribution in [3.63, 3.8) is 0 Å². The van der Waals surface area contributed by atoms with Gasteiger partial charge in [-0.05, 0) is 32.6 Å². The third kappa shape index (κ3) is 3.33. The van der Waals surface area contributed by atoms with Crippen LogP contribution < -0.4 is 15.5 Å². The fraction of sp³-hybridized carbons (Fsp3) is 0.688. The van der Waals surface area contributed by atoms with Crippen LogP contribution in [0.2, 0.25) is 0 Å². The number of hydrogen-bond donors (Lipinski definition) is 1. The molecule has 7 nitrogen and oxygen atoms in total. The summed E-state index contributed by atoms with van der Waals surface area (Å²) >= 11 is 0. The van der Waals surface area contributed by atoms with Crippen molar-refractivity contribution in [3.05, 3.63) is 6.33 Å². The van der Waals surface area contributed by atoms with Crippen molar-refractivity contribution in [2.24, 2.45) is 5.92 Å². The third-order valence-electron chi connectivity index (χ3n) is 4.66. The summed E-state index contributed by atoms with van der Waals surface area (Å²) in [4.78, 5) is 25.0. The van der Waals surface area contributed by atoms with Crippen molar-refractivity contribution in [1.82, 2.24) is 9.97 Å². The van der Waals surface area contributed by atoms with Gasteiger partial charge in [-0.2, -0.15) is 0 Å². The van der Waals surface area contributed by atoms with Crippen molar-refractivity contribution >= 4 is 23.3 Å². The second-order valence-corrected chi connectivity index (χ2v) is 6.14. The van der Waals surface area contributed by atoms with E-state index in [-0.39, 0.29) is 11.9 Å². The maximum atomic E-state index is 11.8. The highest BCUT2D eigenvalue weighted by Crippen LogP contribution is 2.33. The molecule has 0 unspecified atom stereocenters. The molecule has 2 aliphatic heterocycles. The molecule has 0 atom stereocenters. The predicted octanol–water partition coefficient (Wildman–Crippen LogP) is 1.44. The number of aromatic nitrogens is 2. The average molecular weight is 319 g/mol. The van der Waals surface area contributed by atoms with Gasteiger partial charge in [-0.3, -0.25) is 4.79 Å². The fourth-order valence-corrected chi connectivity index (χ4v) is 3.40. The summed E-state index contributed by atoms with van der Waals surface area (Å²) in [5.41, 5.74) is 6.99. The molecule has 0 radical (unpaired) electrons. The van der Waals surface area contributed by atoms with Crippen LogP contribution in [-0.4, -0.2) is 48.7 Å². The Balaban J connectivity index is 1.68. The van der Waals surface area contributed by atoms with Crippen molar-refractivity contribution in [1.29, 1.82) is 0 Å². The van der Waals surface area contributed by atoms with Crippen molar-refractivity contribution < 1.29 is 9.53 Å². The Morgan fingerprint density at radius 3 is 2.30 bits per heavy atom. The van der Waals surface area contributed by atoms with Crippen LogP contribution in [0.1, 0.15) is 32.6 Å². The Bertz CT molecular complexity index is 551. The van der Waals surface area contributed by atoms with Gasteiger partial charge in [0.2, 0.25) is 0 Å². The summed E-state index contributed by atoms with van der Waals surface area (Å²) in [7, 11) is 0. The molecule has 1 aromatic heterocycles. The van der Waals surface area contributed by atoms with E-state index in [1.165, 1.54) is 12.8 Å². The molecular formula is C16H25N5O2. The van der Waals surface area contributed by atoms with E-state index in [9.17, 15) is 4.79 Å². The summed E-state index contributed by atoms with van der Waals surface area (Å²) < 4.78 is 5.12. The Labute approximate surface area is 136 Å². The molecule has 23 heavy (non-hydrogen) atoms. The molecule has 0 aromatic carbocycles. The van der Waals surface area contributed by atoms with Crippen LogP contribution in [0.4, 0.5) is 17.3 Å². The number of esters is 1. The molecule has 1 aromatic rings. The Hall–Kier alpha value is -2.05. The summed E-state index contributed by atoms with van der Waals surface area (Å²) in [5.74, 6) is 1.55. The van der Waals surface area contributed by atoms with Gasteiger partial charge < -0.3 is 20.3 Å². The second-order valence-electron chi connectivity index (χ2n) is 6.14. The lowest BCUT2D eigenvalue weighted by Gasteiger charge is -2.33. The van der Waals surface area contributed by atoms with Crippen LogP contribution in [0.25, 0.3) is 0 Å². The Morgan fingerprint density at radius 2 is 1.74 bits per heavy atom. The normalized spacial score (nSPS) is 19.2. The van der Waals surface area contributed by atoms with E-state index in [0.717, 1.165) is 50.7 Å². The molecule has 2 aliphatic rings. The SMILES string of the molecule is CCOC(=O)C1CCN(c2ncnc(N3CCCC3)c2N)CC1. The zero-order valence-electron chi connectivity index (χ0n) is 13.7. The molecule has 126 valence electrons. The summed E-state index contributed by atoms with van der Waals surface area (Å²) in [6.45, 7) is 5.83. The molecule has 0 bridgehead atoms. The molecule has 0 saturated carbocycles. The number of nitrogens with zero attached hydrogens (tertiary/aromatic N) is 4. The van der Waals surface area contributed by atoms with Gasteiger partial charge in [-0.1, -0.05) is 0 Å². The first-order valence-electron chi connectivity index (χ1n) is 8.47. The van der Waals surface area contributed by atoms with Gasteiger partial charge in [0.05, 0.1) is 12.5 Å². The first-order valence-corrected chi connectivity index (χ1v) is 8.47. The van der Waals surface area contributed by atoms with E-state index in [2.05, 4.69) is 19.8 Å². The number of nitrogen functional groups attached to an aromatic ring is 1. The molecule has 3 heterocycles. The smallest absolute Gasteiger partial charge is 0.309 e. The lowest BCUT2D eigenvalue weighted by atomic mass is 9.97. The van der Waals surface area contributed by atoms with Gasteiger partial charge in [0.15, 0.2) is 11.6 Å². The molecule has 0 aliphatic carbocycles. The minimum absolute atomic E-state index is 0.00712.